The average Bonchev–Trinajstić information content (AvgIpc) is 3.40. The molecule has 1 atom stereocenters. The van der Waals surface area contributed by atoms with Gasteiger partial charge >= 0.3 is 0 Å². The first-order valence-corrected chi connectivity index (χ1v) is 8.86. The number of carbonyl (C=O) groups excluding carboxylic acids is 1. The summed E-state index contributed by atoms with van der Waals surface area (Å²) in [4.78, 5) is 25.5. The van der Waals surface area contributed by atoms with Gasteiger partial charge in [-0.05, 0) is 44.2 Å². The van der Waals surface area contributed by atoms with Crippen LogP contribution in [0.15, 0.2) is 46.1 Å². The van der Waals surface area contributed by atoms with Gasteiger partial charge in [-0.2, -0.15) is 5.10 Å². The van der Waals surface area contributed by atoms with Gasteiger partial charge in [0.1, 0.15) is 6.04 Å². The van der Waals surface area contributed by atoms with Crippen LogP contribution in [0.3, 0.4) is 0 Å². The van der Waals surface area contributed by atoms with Crippen LogP contribution in [-0.4, -0.2) is 21.9 Å². The molecule has 1 aromatic carbocycles. The Morgan fingerprint density at radius 1 is 1.30 bits per heavy atom. The lowest BCUT2D eigenvalue weighted by Gasteiger charge is -2.16. The molecule has 0 saturated heterocycles. The second-order valence-corrected chi connectivity index (χ2v) is 6.53. The third-order valence-corrected chi connectivity index (χ3v) is 4.75. The third kappa shape index (κ3) is 3.47. The molecule has 5 nitrogen and oxygen atoms in total. The molecule has 1 aliphatic rings. The van der Waals surface area contributed by atoms with Gasteiger partial charge in [-0.25, -0.2) is 4.68 Å². The van der Waals surface area contributed by atoms with E-state index in [1.165, 1.54) is 10.7 Å². The molecule has 6 heteroatoms. The largest absolute Gasteiger partial charge is 0.323 e. The van der Waals surface area contributed by atoms with Crippen LogP contribution < -0.4 is 10.9 Å². The summed E-state index contributed by atoms with van der Waals surface area (Å²) in [5, 5.41) is 7.27. The molecule has 3 rings (SSSR count). The zero-order valence-corrected chi connectivity index (χ0v) is 14.0. The van der Waals surface area contributed by atoms with E-state index in [2.05, 4.69) is 10.4 Å². The van der Waals surface area contributed by atoms with Crippen LogP contribution in [0.2, 0.25) is 0 Å². The minimum absolute atomic E-state index is 0.242. The maximum absolute atomic E-state index is 12.5. The van der Waals surface area contributed by atoms with E-state index < -0.39 is 6.04 Å². The van der Waals surface area contributed by atoms with Crippen molar-refractivity contribution in [1.29, 1.82) is 0 Å². The molecule has 1 heterocycles. The summed E-state index contributed by atoms with van der Waals surface area (Å²) in [6.45, 7) is 1.70. The SMILES string of the molecule is CSc1ccccc1NC(=O)C(C)n1nc(C2CC2)ccc1=O. The van der Waals surface area contributed by atoms with Crippen molar-refractivity contribution in [3.05, 3.63) is 52.4 Å². The minimum atomic E-state index is -0.656. The van der Waals surface area contributed by atoms with Gasteiger partial charge < -0.3 is 5.32 Å². The molecule has 0 radical (unpaired) electrons. The lowest BCUT2D eigenvalue weighted by atomic mass is 10.2. The number of benzene rings is 1. The van der Waals surface area contributed by atoms with Crippen LogP contribution in [0.1, 0.15) is 37.4 Å². The summed E-state index contributed by atoms with van der Waals surface area (Å²) >= 11 is 1.56. The van der Waals surface area contributed by atoms with E-state index in [4.69, 9.17) is 0 Å². The molecule has 2 aromatic rings. The first kappa shape index (κ1) is 15.8. The molecule has 1 saturated carbocycles. The fourth-order valence-electron chi connectivity index (χ4n) is 2.41. The van der Waals surface area contributed by atoms with Crippen molar-refractivity contribution in [3.63, 3.8) is 0 Å². The first-order chi connectivity index (χ1) is 11.1. The van der Waals surface area contributed by atoms with E-state index in [0.717, 1.165) is 29.1 Å². The molecule has 1 amide bonds. The number of thioether (sulfide) groups is 1. The Morgan fingerprint density at radius 3 is 2.74 bits per heavy atom. The molecule has 0 spiro atoms. The fraction of sp³-hybridized carbons (Fsp3) is 0.353. The van der Waals surface area contributed by atoms with Crippen molar-refractivity contribution < 1.29 is 4.79 Å². The van der Waals surface area contributed by atoms with Gasteiger partial charge in [-0.3, -0.25) is 9.59 Å². The topological polar surface area (TPSA) is 64.0 Å². The highest BCUT2D eigenvalue weighted by atomic mass is 32.2. The van der Waals surface area contributed by atoms with E-state index >= 15 is 0 Å². The van der Waals surface area contributed by atoms with Gasteiger partial charge in [0.15, 0.2) is 0 Å². The van der Waals surface area contributed by atoms with Crippen molar-refractivity contribution in [3.8, 4) is 0 Å². The summed E-state index contributed by atoms with van der Waals surface area (Å²) in [7, 11) is 0. The molecule has 0 bridgehead atoms. The quantitative estimate of drug-likeness (QED) is 0.856. The zero-order chi connectivity index (χ0) is 16.4. The maximum atomic E-state index is 12.5. The Morgan fingerprint density at radius 2 is 2.04 bits per heavy atom. The van der Waals surface area contributed by atoms with Crippen LogP contribution in [0.25, 0.3) is 0 Å². The fourth-order valence-corrected chi connectivity index (χ4v) is 2.96. The molecule has 1 aromatic heterocycles. The summed E-state index contributed by atoms with van der Waals surface area (Å²) in [5.74, 6) is 0.198. The number of anilines is 1. The molecule has 23 heavy (non-hydrogen) atoms. The predicted octanol–water partition coefficient (Wildman–Crippen LogP) is 3.04. The summed E-state index contributed by atoms with van der Waals surface area (Å²) in [5.41, 5.74) is 1.40. The zero-order valence-electron chi connectivity index (χ0n) is 13.2. The van der Waals surface area contributed by atoms with E-state index in [1.807, 2.05) is 30.5 Å². The molecule has 1 unspecified atom stereocenters. The Kier molecular flexibility index (Phi) is 4.52. The lowest BCUT2D eigenvalue weighted by molar-refractivity contribution is -0.119. The van der Waals surface area contributed by atoms with Crippen molar-refractivity contribution >= 4 is 23.4 Å². The third-order valence-electron chi connectivity index (χ3n) is 3.95. The number of carbonyl (C=O) groups is 1. The number of nitrogens with one attached hydrogen (secondary N) is 1. The molecule has 1 N–H and O–H groups in total. The van der Waals surface area contributed by atoms with E-state index in [-0.39, 0.29) is 11.5 Å². The first-order valence-electron chi connectivity index (χ1n) is 7.64. The molecular weight excluding hydrogens is 310 g/mol. The van der Waals surface area contributed by atoms with Crippen LogP contribution in [0, 0.1) is 0 Å². The standard InChI is InChI=1S/C17H19N3O2S/c1-11(17(22)18-14-5-3-4-6-15(14)23-2)20-16(21)10-9-13(19-20)12-7-8-12/h3-6,9-12H,7-8H2,1-2H3,(H,18,22). The number of para-hydroxylation sites is 1. The Hall–Kier alpha value is -2.08. The summed E-state index contributed by atoms with van der Waals surface area (Å²) in [6, 6.07) is 10.2. The molecule has 0 aliphatic heterocycles. The highest BCUT2D eigenvalue weighted by Gasteiger charge is 2.27. The number of nitrogens with zero attached hydrogens (tertiary/aromatic N) is 2. The van der Waals surface area contributed by atoms with Gasteiger partial charge in [-0.1, -0.05) is 12.1 Å². The Balaban J connectivity index is 1.82. The summed E-state index contributed by atoms with van der Waals surface area (Å²) < 4.78 is 1.28. The minimum Gasteiger partial charge on any atom is -0.323 e. The Bertz CT molecular complexity index is 783. The van der Waals surface area contributed by atoms with Crippen LogP contribution >= 0.6 is 11.8 Å². The monoisotopic (exact) mass is 329 g/mol. The van der Waals surface area contributed by atoms with Gasteiger partial charge in [-0.15, -0.1) is 11.8 Å². The number of hydrogen-bond acceptors (Lipinski definition) is 4. The van der Waals surface area contributed by atoms with Gasteiger partial charge in [0, 0.05) is 16.9 Å². The van der Waals surface area contributed by atoms with E-state index in [9.17, 15) is 9.59 Å². The molecular formula is C17H19N3O2S. The number of hydrogen-bond donors (Lipinski definition) is 1. The average molecular weight is 329 g/mol. The maximum Gasteiger partial charge on any atom is 0.267 e. The van der Waals surface area contributed by atoms with Crippen LogP contribution in [0.4, 0.5) is 5.69 Å². The van der Waals surface area contributed by atoms with Crippen molar-refractivity contribution in [1.82, 2.24) is 9.78 Å². The van der Waals surface area contributed by atoms with Crippen molar-refractivity contribution in [2.24, 2.45) is 0 Å². The second-order valence-electron chi connectivity index (χ2n) is 5.68. The number of amides is 1. The molecule has 1 aliphatic carbocycles. The second kappa shape index (κ2) is 6.58. The van der Waals surface area contributed by atoms with Gasteiger partial charge in [0.2, 0.25) is 5.91 Å². The van der Waals surface area contributed by atoms with Gasteiger partial charge in [0.05, 0.1) is 11.4 Å². The predicted molar refractivity (Wildman–Crippen MR) is 92.0 cm³/mol. The number of aromatic nitrogens is 2. The van der Waals surface area contributed by atoms with Gasteiger partial charge in [0.25, 0.3) is 5.56 Å². The van der Waals surface area contributed by atoms with Crippen LogP contribution in [0.5, 0.6) is 0 Å². The van der Waals surface area contributed by atoms with E-state index in [0.29, 0.717) is 5.92 Å². The number of rotatable bonds is 5. The smallest absolute Gasteiger partial charge is 0.267 e. The summed E-state index contributed by atoms with van der Waals surface area (Å²) in [6.07, 6.45) is 4.17. The normalized spacial score (nSPS) is 15.2. The Labute approximate surface area is 139 Å². The molecule has 120 valence electrons. The lowest BCUT2D eigenvalue weighted by Crippen LogP contribution is -2.33. The molecule has 1 fully saturated rings. The highest BCUT2D eigenvalue weighted by molar-refractivity contribution is 7.98. The van der Waals surface area contributed by atoms with Crippen LogP contribution in [-0.2, 0) is 4.79 Å². The highest BCUT2D eigenvalue weighted by Crippen LogP contribution is 2.38. The van der Waals surface area contributed by atoms with Crippen molar-refractivity contribution in [2.75, 3.05) is 11.6 Å². The van der Waals surface area contributed by atoms with E-state index in [1.54, 1.807) is 24.8 Å². The van der Waals surface area contributed by atoms with Crippen molar-refractivity contribution in [2.45, 2.75) is 36.6 Å².